The lowest BCUT2D eigenvalue weighted by atomic mass is 10.4. The number of nitrogens with zero attached hydrogens (tertiary/aromatic N) is 4. The molecule has 1 aromatic heterocycles. The van der Waals surface area contributed by atoms with Gasteiger partial charge >= 0.3 is 12.1 Å². The van der Waals surface area contributed by atoms with Crippen LogP contribution in [-0.4, -0.2) is 46.4 Å². The van der Waals surface area contributed by atoms with Gasteiger partial charge in [-0.15, -0.1) is 0 Å². The van der Waals surface area contributed by atoms with Crippen molar-refractivity contribution >= 4 is 17.9 Å². The van der Waals surface area contributed by atoms with E-state index in [0.29, 0.717) is 11.5 Å². The van der Waals surface area contributed by atoms with Gasteiger partial charge in [0.15, 0.2) is 5.84 Å². The van der Waals surface area contributed by atoms with E-state index in [1.54, 1.807) is 7.05 Å². The predicted molar refractivity (Wildman–Crippen MR) is 51.8 cm³/mol. The second-order valence-electron chi connectivity index (χ2n) is 2.98. The van der Waals surface area contributed by atoms with Gasteiger partial charge in [0.2, 0.25) is 0 Å². The second-order valence-corrected chi connectivity index (χ2v) is 2.98. The molecule has 1 aromatic rings. The van der Waals surface area contributed by atoms with Gasteiger partial charge in [0.1, 0.15) is 12.0 Å². The third-order valence-electron chi connectivity index (χ3n) is 2.10. The van der Waals surface area contributed by atoms with Crippen molar-refractivity contribution in [3.05, 3.63) is 18.2 Å². The molecule has 78 valence electrons. The number of carbonyl (C=O) groups is 2. The number of imidazole rings is 1. The second kappa shape index (κ2) is 3.19. The van der Waals surface area contributed by atoms with Crippen LogP contribution in [0, 0.1) is 0 Å². The summed E-state index contributed by atoms with van der Waals surface area (Å²) in [7, 11) is 3.03. The van der Waals surface area contributed by atoms with E-state index in [0.717, 1.165) is 0 Å². The number of nitrogens with one attached hydrogen (secondary N) is 1. The molecule has 2 heterocycles. The lowest BCUT2D eigenvalue weighted by Crippen LogP contribution is -2.28. The summed E-state index contributed by atoms with van der Waals surface area (Å²) < 4.78 is 1.34. The van der Waals surface area contributed by atoms with Crippen molar-refractivity contribution in [3.63, 3.8) is 0 Å². The molecule has 1 N–H and O–H groups in total. The summed E-state index contributed by atoms with van der Waals surface area (Å²) in [6.07, 6.45) is 2.88. The minimum absolute atomic E-state index is 0.273. The Morgan fingerprint density at radius 3 is 3.00 bits per heavy atom. The molecular formula is C8H9N5O2. The number of fused-ring (bicyclic) bond motifs is 1. The summed E-state index contributed by atoms with van der Waals surface area (Å²) in [5.41, 5.74) is 0.520. The number of amides is 3. The molecule has 0 fully saturated rings. The Bertz CT molecular complexity index is 461. The molecule has 7 heteroatoms. The first-order valence-electron chi connectivity index (χ1n) is 4.26. The van der Waals surface area contributed by atoms with E-state index in [2.05, 4.69) is 15.3 Å². The highest BCUT2D eigenvalue weighted by Gasteiger charge is 2.31. The number of urea groups is 1. The fourth-order valence-electron chi connectivity index (χ4n) is 1.32. The van der Waals surface area contributed by atoms with E-state index < -0.39 is 6.03 Å². The molecule has 1 aliphatic heterocycles. The van der Waals surface area contributed by atoms with Crippen molar-refractivity contribution in [2.75, 3.05) is 14.1 Å². The molecule has 0 saturated carbocycles. The monoisotopic (exact) mass is 207 g/mol. The van der Waals surface area contributed by atoms with Crippen molar-refractivity contribution in [2.45, 2.75) is 0 Å². The Morgan fingerprint density at radius 1 is 1.60 bits per heavy atom. The number of carbonyl (C=O) groups excluding carboxylic acids is 2. The van der Waals surface area contributed by atoms with Crippen LogP contribution in [0.15, 0.2) is 17.5 Å². The van der Waals surface area contributed by atoms with Gasteiger partial charge in [-0.05, 0) is 0 Å². The maximum Gasteiger partial charge on any atom is 0.342 e. The standard InChI is InChI=1S/C8H9N5O2/c1-9-7(14)11-6-5-3-10-4-13(5)8(15)12(6)2/h3-4H,1-2H3,(H,9,14)/b11-6+. The van der Waals surface area contributed by atoms with E-state index in [1.165, 1.54) is 29.0 Å². The lowest BCUT2D eigenvalue weighted by molar-refractivity contribution is 0.231. The molecule has 0 saturated heterocycles. The number of amidine groups is 1. The van der Waals surface area contributed by atoms with Gasteiger partial charge in [0, 0.05) is 14.1 Å². The van der Waals surface area contributed by atoms with Crippen LogP contribution in [0.25, 0.3) is 0 Å². The molecule has 7 nitrogen and oxygen atoms in total. The molecule has 0 unspecified atom stereocenters. The van der Waals surface area contributed by atoms with Gasteiger partial charge in [-0.25, -0.2) is 19.1 Å². The molecule has 0 spiro atoms. The Labute approximate surface area is 85.4 Å². The van der Waals surface area contributed by atoms with E-state index in [4.69, 9.17) is 0 Å². The van der Waals surface area contributed by atoms with Crippen molar-refractivity contribution in [1.82, 2.24) is 19.8 Å². The number of rotatable bonds is 0. The van der Waals surface area contributed by atoms with Crippen LogP contribution >= 0.6 is 0 Å². The van der Waals surface area contributed by atoms with Crippen molar-refractivity contribution in [1.29, 1.82) is 0 Å². The summed E-state index contributed by atoms with van der Waals surface area (Å²) in [5.74, 6) is 0.303. The Morgan fingerprint density at radius 2 is 2.33 bits per heavy atom. The number of hydrogen-bond donors (Lipinski definition) is 1. The smallest absolute Gasteiger partial charge is 0.339 e. The Hall–Kier alpha value is -2.18. The van der Waals surface area contributed by atoms with Gasteiger partial charge in [0.05, 0.1) is 6.20 Å². The van der Waals surface area contributed by atoms with E-state index >= 15 is 0 Å². The van der Waals surface area contributed by atoms with Gasteiger partial charge in [-0.2, -0.15) is 4.99 Å². The zero-order chi connectivity index (χ0) is 11.0. The van der Waals surface area contributed by atoms with Crippen LogP contribution in [-0.2, 0) is 0 Å². The van der Waals surface area contributed by atoms with Crippen LogP contribution in [0.1, 0.15) is 5.69 Å². The molecule has 0 bridgehead atoms. The average Bonchev–Trinajstić information content (AvgIpc) is 2.78. The summed E-state index contributed by atoms with van der Waals surface area (Å²) >= 11 is 0. The Balaban J connectivity index is 2.48. The quantitative estimate of drug-likeness (QED) is 0.644. The Kier molecular flexibility index (Phi) is 2.00. The summed E-state index contributed by atoms with van der Waals surface area (Å²) in [6.45, 7) is 0. The fraction of sp³-hybridized carbons (Fsp3) is 0.250. The van der Waals surface area contributed by atoms with Gasteiger partial charge in [-0.1, -0.05) is 0 Å². The van der Waals surface area contributed by atoms with Crippen molar-refractivity contribution in [3.8, 4) is 0 Å². The number of hydrogen-bond acceptors (Lipinski definition) is 3. The normalized spacial score (nSPS) is 17.1. The third-order valence-corrected chi connectivity index (χ3v) is 2.10. The molecule has 0 atom stereocenters. The highest BCUT2D eigenvalue weighted by molar-refractivity contribution is 6.16. The highest BCUT2D eigenvalue weighted by Crippen LogP contribution is 2.14. The van der Waals surface area contributed by atoms with Crippen LogP contribution < -0.4 is 5.32 Å². The predicted octanol–water partition coefficient (Wildman–Crippen LogP) is -0.117. The van der Waals surface area contributed by atoms with Crippen LogP contribution in [0.2, 0.25) is 0 Å². The number of aliphatic imine (C=N–C) groups is 1. The lowest BCUT2D eigenvalue weighted by Gasteiger charge is -2.07. The molecule has 15 heavy (non-hydrogen) atoms. The van der Waals surface area contributed by atoms with E-state index in [1.807, 2.05) is 0 Å². The van der Waals surface area contributed by atoms with Crippen LogP contribution in [0.3, 0.4) is 0 Å². The van der Waals surface area contributed by atoms with Crippen molar-refractivity contribution in [2.24, 2.45) is 4.99 Å². The highest BCUT2D eigenvalue weighted by atomic mass is 16.2. The third kappa shape index (κ3) is 1.28. The maximum atomic E-state index is 11.6. The molecule has 0 radical (unpaired) electrons. The maximum absolute atomic E-state index is 11.6. The first kappa shape index (κ1) is 9.38. The summed E-state index contributed by atoms with van der Waals surface area (Å²) in [6, 6.07) is -0.774. The number of aromatic nitrogens is 2. The van der Waals surface area contributed by atoms with E-state index in [-0.39, 0.29) is 6.03 Å². The first-order valence-corrected chi connectivity index (χ1v) is 4.26. The van der Waals surface area contributed by atoms with Crippen LogP contribution in [0.4, 0.5) is 9.59 Å². The molecule has 0 aromatic carbocycles. The first-order chi connectivity index (χ1) is 7.15. The minimum Gasteiger partial charge on any atom is -0.339 e. The molecule has 2 rings (SSSR count). The summed E-state index contributed by atoms with van der Waals surface area (Å²) in [5, 5.41) is 2.36. The van der Waals surface area contributed by atoms with Gasteiger partial charge in [-0.3, -0.25) is 4.90 Å². The topological polar surface area (TPSA) is 79.6 Å². The SMILES string of the molecule is CNC(=O)/N=C1\c2cncn2C(=O)N1C. The molecule has 3 amide bonds. The minimum atomic E-state index is -0.501. The molecule has 1 aliphatic rings. The molecule has 0 aliphatic carbocycles. The average molecular weight is 207 g/mol. The van der Waals surface area contributed by atoms with Gasteiger partial charge < -0.3 is 5.32 Å². The van der Waals surface area contributed by atoms with Crippen LogP contribution in [0.5, 0.6) is 0 Å². The van der Waals surface area contributed by atoms with E-state index in [9.17, 15) is 9.59 Å². The zero-order valence-electron chi connectivity index (χ0n) is 8.26. The zero-order valence-corrected chi connectivity index (χ0v) is 8.26. The van der Waals surface area contributed by atoms with Gasteiger partial charge in [0.25, 0.3) is 0 Å². The molecular weight excluding hydrogens is 198 g/mol. The largest absolute Gasteiger partial charge is 0.342 e. The van der Waals surface area contributed by atoms with Crippen molar-refractivity contribution < 1.29 is 9.59 Å². The summed E-state index contributed by atoms with van der Waals surface area (Å²) in [4.78, 5) is 31.5. The fourth-order valence-corrected chi connectivity index (χ4v) is 1.32.